The Morgan fingerprint density at radius 2 is 1.69 bits per heavy atom. The Morgan fingerprint density at radius 1 is 0.931 bits per heavy atom. The van der Waals surface area contributed by atoms with E-state index in [0.717, 1.165) is 27.4 Å². The highest BCUT2D eigenvalue weighted by molar-refractivity contribution is 7.13. The molecule has 29 heavy (non-hydrogen) atoms. The molecule has 4 rings (SSSR count). The van der Waals surface area contributed by atoms with Gasteiger partial charge in [0.25, 0.3) is 5.91 Å². The smallest absolute Gasteiger partial charge is 0.253 e. The SMILES string of the molecule is O=C(NCc1ccc(-c2nc(-c3ccccc3)cs2)cc1)c1ccc(Cl)cc1Cl. The van der Waals surface area contributed by atoms with Crippen LogP contribution in [0.3, 0.4) is 0 Å². The molecule has 0 fully saturated rings. The highest BCUT2D eigenvalue weighted by Crippen LogP contribution is 2.29. The zero-order valence-corrected chi connectivity index (χ0v) is 17.6. The van der Waals surface area contributed by atoms with Gasteiger partial charge in [0.1, 0.15) is 5.01 Å². The maximum atomic E-state index is 12.3. The Labute approximate surface area is 183 Å². The molecule has 0 saturated carbocycles. The van der Waals surface area contributed by atoms with Crippen molar-refractivity contribution in [3.05, 3.63) is 99.3 Å². The highest BCUT2D eigenvalue weighted by atomic mass is 35.5. The van der Waals surface area contributed by atoms with E-state index in [1.807, 2.05) is 42.5 Å². The van der Waals surface area contributed by atoms with Crippen LogP contribution in [0.5, 0.6) is 0 Å². The number of thiazole rings is 1. The second-order valence-corrected chi connectivity index (χ2v) is 8.11. The van der Waals surface area contributed by atoms with E-state index in [0.29, 0.717) is 22.2 Å². The fourth-order valence-corrected chi connectivity index (χ4v) is 4.19. The van der Waals surface area contributed by atoms with Gasteiger partial charge in [-0.05, 0) is 23.8 Å². The number of amides is 1. The predicted molar refractivity (Wildman–Crippen MR) is 121 cm³/mol. The molecule has 3 nitrogen and oxygen atoms in total. The fraction of sp³-hybridized carbons (Fsp3) is 0.0435. The first-order valence-electron chi connectivity index (χ1n) is 8.93. The minimum Gasteiger partial charge on any atom is -0.348 e. The monoisotopic (exact) mass is 438 g/mol. The van der Waals surface area contributed by atoms with Crippen molar-refractivity contribution < 1.29 is 4.79 Å². The molecule has 0 radical (unpaired) electrons. The van der Waals surface area contributed by atoms with Gasteiger partial charge in [0, 0.05) is 28.1 Å². The van der Waals surface area contributed by atoms with Gasteiger partial charge in [-0.15, -0.1) is 11.3 Å². The third-order valence-corrected chi connectivity index (χ3v) is 5.84. The second kappa shape index (κ2) is 8.78. The molecule has 0 unspecified atom stereocenters. The van der Waals surface area contributed by atoms with Crippen LogP contribution in [0.4, 0.5) is 0 Å². The zero-order chi connectivity index (χ0) is 20.2. The summed E-state index contributed by atoms with van der Waals surface area (Å²) >= 11 is 13.6. The molecule has 144 valence electrons. The van der Waals surface area contributed by atoms with Gasteiger partial charge in [-0.1, -0.05) is 77.8 Å². The van der Waals surface area contributed by atoms with E-state index in [2.05, 4.69) is 22.8 Å². The largest absolute Gasteiger partial charge is 0.348 e. The fourth-order valence-electron chi connectivity index (χ4n) is 2.86. The van der Waals surface area contributed by atoms with Crippen molar-refractivity contribution in [3.63, 3.8) is 0 Å². The van der Waals surface area contributed by atoms with Gasteiger partial charge in [-0.25, -0.2) is 4.98 Å². The Bertz CT molecular complexity index is 1140. The normalized spacial score (nSPS) is 10.7. The van der Waals surface area contributed by atoms with E-state index in [4.69, 9.17) is 28.2 Å². The van der Waals surface area contributed by atoms with E-state index in [-0.39, 0.29) is 5.91 Å². The number of nitrogens with one attached hydrogen (secondary N) is 1. The minimum absolute atomic E-state index is 0.233. The summed E-state index contributed by atoms with van der Waals surface area (Å²) in [6.07, 6.45) is 0. The maximum absolute atomic E-state index is 12.3. The Hall–Kier alpha value is -2.66. The number of rotatable bonds is 5. The molecule has 0 aliphatic carbocycles. The average molecular weight is 439 g/mol. The van der Waals surface area contributed by atoms with Crippen molar-refractivity contribution in [2.24, 2.45) is 0 Å². The van der Waals surface area contributed by atoms with Gasteiger partial charge in [0.2, 0.25) is 0 Å². The first-order chi connectivity index (χ1) is 14.1. The van der Waals surface area contributed by atoms with Crippen molar-refractivity contribution >= 4 is 40.4 Å². The van der Waals surface area contributed by atoms with Crippen LogP contribution < -0.4 is 5.32 Å². The third-order valence-electron chi connectivity index (χ3n) is 4.40. The van der Waals surface area contributed by atoms with Gasteiger partial charge < -0.3 is 5.32 Å². The number of nitrogens with zero attached hydrogens (tertiary/aromatic N) is 1. The molecule has 1 N–H and O–H groups in total. The van der Waals surface area contributed by atoms with Gasteiger partial charge in [0.05, 0.1) is 16.3 Å². The Morgan fingerprint density at radius 3 is 2.41 bits per heavy atom. The van der Waals surface area contributed by atoms with Gasteiger partial charge >= 0.3 is 0 Å². The lowest BCUT2D eigenvalue weighted by Gasteiger charge is -2.08. The van der Waals surface area contributed by atoms with Gasteiger partial charge in [-0.3, -0.25) is 4.79 Å². The first kappa shape index (κ1) is 19.6. The molecule has 4 aromatic rings. The lowest BCUT2D eigenvalue weighted by Crippen LogP contribution is -2.23. The molecular weight excluding hydrogens is 423 g/mol. The van der Waals surface area contributed by atoms with Crippen LogP contribution in [0.1, 0.15) is 15.9 Å². The number of benzene rings is 3. The van der Waals surface area contributed by atoms with E-state index >= 15 is 0 Å². The zero-order valence-electron chi connectivity index (χ0n) is 15.2. The number of carbonyl (C=O) groups is 1. The summed E-state index contributed by atoms with van der Waals surface area (Å²) in [5.74, 6) is -0.233. The van der Waals surface area contributed by atoms with E-state index in [9.17, 15) is 4.79 Å². The van der Waals surface area contributed by atoms with Crippen molar-refractivity contribution in [3.8, 4) is 21.8 Å². The molecule has 0 spiro atoms. The molecule has 0 aliphatic rings. The van der Waals surface area contributed by atoms with E-state index in [1.165, 1.54) is 0 Å². The molecule has 1 aromatic heterocycles. The highest BCUT2D eigenvalue weighted by Gasteiger charge is 2.11. The van der Waals surface area contributed by atoms with E-state index in [1.54, 1.807) is 29.5 Å². The molecule has 0 atom stereocenters. The van der Waals surface area contributed by atoms with Crippen LogP contribution in [0.2, 0.25) is 10.0 Å². The van der Waals surface area contributed by atoms with Crippen molar-refractivity contribution in [2.45, 2.75) is 6.54 Å². The van der Waals surface area contributed by atoms with Crippen molar-refractivity contribution in [1.82, 2.24) is 10.3 Å². The van der Waals surface area contributed by atoms with E-state index < -0.39 is 0 Å². The summed E-state index contributed by atoms with van der Waals surface area (Å²) in [6, 6.07) is 23.0. The summed E-state index contributed by atoms with van der Waals surface area (Å²) in [6.45, 7) is 0.408. The maximum Gasteiger partial charge on any atom is 0.253 e. The molecule has 1 heterocycles. The van der Waals surface area contributed by atoms with Crippen LogP contribution in [-0.2, 0) is 6.54 Å². The van der Waals surface area contributed by atoms with Crippen LogP contribution in [0.15, 0.2) is 78.2 Å². The number of hydrogen-bond acceptors (Lipinski definition) is 3. The van der Waals surface area contributed by atoms with Crippen molar-refractivity contribution in [1.29, 1.82) is 0 Å². The predicted octanol–water partition coefficient (Wildman–Crippen LogP) is 6.71. The summed E-state index contributed by atoms with van der Waals surface area (Å²) in [4.78, 5) is 17.1. The van der Waals surface area contributed by atoms with Crippen LogP contribution >= 0.6 is 34.5 Å². The Balaban J connectivity index is 1.42. The number of aromatic nitrogens is 1. The van der Waals surface area contributed by atoms with Crippen molar-refractivity contribution in [2.75, 3.05) is 0 Å². The Kier molecular flexibility index (Phi) is 5.95. The van der Waals surface area contributed by atoms with Crippen LogP contribution in [-0.4, -0.2) is 10.9 Å². The molecule has 6 heteroatoms. The van der Waals surface area contributed by atoms with Crippen LogP contribution in [0.25, 0.3) is 21.8 Å². The summed E-state index contributed by atoms with van der Waals surface area (Å²) in [7, 11) is 0. The first-order valence-corrected chi connectivity index (χ1v) is 10.6. The standard InChI is InChI=1S/C23H16Cl2N2OS/c24-18-10-11-19(20(25)12-18)22(28)26-13-15-6-8-17(9-7-15)23-27-21(14-29-23)16-4-2-1-3-5-16/h1-12,14H,13H2,(H,26,28). The van der Waals surface area contributed by atoms with Gasteiger partial charge in [0.15, 0.2) is 0 Å². The molecule has 0 bridgehead atoms. The minimum atomic E-state index is -0.233. The quantitative estimate of drug-likeness (QED) is 0.375. The molecule has 0 saturated heterocycles. The second-order valence-electron chi connectivity index (χ2n) is 6.41. The summed E-state index contributed by atoms with van der Waals surface area (Å²) in [5.41, 5.74) is 4.53. The molecular formula is C23H16Cl2N2OS. The van der Waals surface area contributed by atoms with Crippen LogP contribution in [0, 0.1) is 0 Å². The summed E-state index contributed by atoms with van der Waals surface area (Å²) in [5, 5.41) is 6.75. The molecule has 3 aromatic carbocycles. The van der Waals surface area contributed by atoms with Gasteiger partial charge in [-0.2, -0.15) is 0 Å². The lowest BCUT2D eigenvalue weighted by molar-refractivity contribution is 0.0951. The number of halogens is 2. The topological polar surface area (TPSA) is 42.0 Å². The number of hydrogen-bond donors (Lipinski definition) is 1. The lowest BCUT2D eigenvalue weighted by atomic mass is 10.1. The number of carbonyl (C=O) groups excluding carboxylic acids is 1. The summed E-state index contributed by atoms with van der Waals surface area (Å²) < 4.78 is 0. The molecule has 0 aliphatic heterocycles. The molecule has 1 amide bonds. The average Bonchev–Trinajstić information content (AvgIpc) is 3.23. The third kappa shape index (κ3) is 4.67.